The number of rotatable bonds is 3. The fraction of sp³-hybridized carbons (Fsp3) is 0.231. The minimum Gasteiger partial charge on any atom is -0.464 e. The van der Waals surface area contributed by atoms with E-state index in [1.54, 1.807) is 12.1 Å². The van der Waals surface area contributed by atoms with Gasteiger partial charge in [0.15, 0.2) is 0 Å². The van der Waals surface area contributed by atoms with Crippen molar-refractivity contribution in [1.29, 1.82) is 0 Å². The molecule has 2 rings (SSSR count). The van der Waals surface area contributed by atoms with Crippen LogP contribution in [0.15, 0.2) is 28.7 Å². The van der Waals surface area contributed by atoms with Crippen molar-refractivity contribution in [3.63, 3.8) is 0 Å². The highest BCUT2D eigenvalue weighted by molar-refractivity contribution is 6.30. The minimum atomic E-state index is -0.850. The van der Waals surface area contributed by atoms with E-state index in [-0.39, 0.29) is 10.6 Å². The van der Waals surface area contributed by atoms with E-state index in [0.29, 0.717) is 12.2 Å². The molecule has 0 aliphatic heterocycles. The van der Waals surface area contributed by atoms with Crippen LogP contribution in [0.25, 0.3) is 0 Å². The van der Waals surface area contributed by atoms with Gasteiger partial charge in [0.25, 0.3) is 0 Å². The summed E-state index contributed by atoms with van der Waals surface area (Å²) >= 11 is 5.48. The van der Waals surface area contributed by atoms with Gasteiger partial charge in [-0.25, -0.2) is 8.78 Å². The van der Waals surface area contributed by atoms with Crippen LogP contribution in [0.4, 0.5) is 8.78 Å². The van der Waals surface area contributed by atoms with E-state index < -0.39 is 17.7 Å². The first-order valence-corrected chi connectivity index (χ1v) is 5.89. The van der Waals surface area contributed by atoms with Crippen LogP contribution in [0.2, 0.25) is 5.02 Å². The third-order valence-corrected chi connectivity index (χ3v) is 3.00. The number of benzene rings is 1. The van der Waals surface area contributed by atoms with E-state index in [0.717, 1.165) is 17.9 Å². The molecule has 0 fully saturated rings. The van der Waals surface area contributed by atoms with Crippen LogP contribution in [-0.2, 0) is 6.42 Å². The molecule has 1 heterocycles. The number of hydrogen-bond donors (Lipinski definition) is 1. The zero-order valence-electron chi connectivity index (χ0n) is 9.71. The van der Waals surface area contributed by atoms with E-state index in [4.69, 9.17) is 21.8 Å². The number of nitrogens with two attached hydrogens (primary N) is 1. The summed E-state index contributed by atoms with van der Waals surface area (Å²) in [5.41, 5.74) is 5.88. The van der Waals surface area contributed by atoms with Crippen molar-refractivity contribution < 1.29 is 13.2 Å². The van der Waals surface area contributed by atoms with Gasteiger partial charge in [0, 0.05) is 12.0 Å². The maximum atomic E-state index is 13.7. The van der Waals surface area contributed by atoms with E-state index in [9.17, 15) is 8.78 Å². The Hall–Kier alpha value is -1.39. The Morgan fingerprint density at radius 2 is 2.00 bits per heavy atom. The van der Waals surface area contributed by atoms with Gasteiger partial charge in [-0.2, -0.15) is 0 Å². The summed E-state index contributed by atoms with van der Waals surface area (Å²) in [6.45, 7) is 1.93. The Balaban J connectivity index is 2.39. The van der Waals surface area contributed by atoms with Crippen LogP contribution in [0.3, 0.4) is 0 Å². The van der Waals surface area contributed by atoms with Gasteiger partial charge in [0.05, 0.1) is 11.1 Å². The molecule has 2 N–H and O–H groups in total. The quantitative estimate of drug-likeness (QED) is 0.862. The van der Waals surface area contributed by atoms with Gasteiger partial charge in [-0.15, -0.1) is 0 Å². The van der Waals surface area contributed by atoms with Gasteiger partial charge in [0.2, 0.25) is 0 Å². The first kappa shape index (κ1) is 13.1. The van der Waals surface area contributed by atoms with Gasteiger partial charge in [-0.05, 0) is 24.3 Å². The highest BCUT2D eigenvalue weighted by Crippen LogP contribution is 2.27. The summed E-state index contributed by atoms with van der Waals surface area (Å²) < 4.78 is 32.4. The molecular formula is C13H12ClF2NO. The van der Waals surface area contributed by atoms with Crippen LogP contribution in [0.5, 0.6) is 0 Å². The molecule has 1 aromatic carbocycles. The lowest BCUT2D eigenvalue weighted by molar-refractivity contribution is 0.447. The lowest BCUT2D eigenvalue weighted by Gasteiger charge is -2.11. The van der Waals surface area contributed by atoms with Crippen LogP contribution in [0, 0.1) is 11.6 Å². The summed E-state index contributed by atoms with van der Waals surface area (Å²) in [7, 11) is 0. The second kappa shape index (κ2) is 5.08. The van der Waals surface area contributed by atoms with Crippen molar-refractivity contribution in [3.05, 3.63) is 58.0 Å². The second-order valence-corrected chi connectivity index (χ2v) is 4.33. The monoisotopic (exact) mass is 271 g/mol. The summed E-state index contributed by atoms with van der Waals surface area (Å²) in [6.07, 6.45) is 0.712. The van der Waals surface area contributed by atoms with Crippen LogP contribution < -0.4 is 5.73 Å². The van der Waals surface area contributed by atoms with E-state index in [1.807, 2.05) is 6.92 Å². The smallest absolute Gasteiger partial charge is 0.142 e. The largest absolute Gasteiger partial charge is 0.464 e. The molecule has 0 bridgehead atoms. The third kappa shape index (κ3) is 2.40. The van der Waals surface area contributed by atoms with Gasteiger partial charge in [-0.1, -0.05) is 18.5 Å². The highest BCUT2D eigenvalue weighted by atomic mass is 35.5. The van der Waals surface area contributed by atoms with Gasteiger partial charge < -0.3 is 10.2 Å². The predicted octanol–water partition coefficient (Wildman–Crippen LogP) is 3.82. The number of hydrogen-bond acceptors (Lipinski definition) is 2. The predicted molar refractivity (Wildman–Crippen MR) is 65.5 cm³/mol. The van der Waals surface area contributed by atoms with Crippen molar-refractivity contribution in [3.8, 4) is 0 Å². The summed E-state index contributed by atoms with van der Waals surface area (Å²) in [5.74, 6) is -0.211. The first-order valence-electron chi connectivity index (χ1n) is 5.51. The van der Waals surface area contributed by atoms with E-state index >= 15 is 0 Å². The Morgan fingerprint density at radius 3 is 2.61 bits per heavy atom. The molecule has 0 radical (unpaired) electrons. The number of furan rings is 1. The molecule has 2 aromatic rings. The molecule has 5 heteroatoms. The zero-order chi connectivity index (χ0) is 13.3. The zero-order valence-corrected chi connectivity index (χ0v) is 10.5. The summed E-state index contributed by atoms with van der Waals surface area (Å²) in [6, 6.07) is 4.48. The van der Waals surface area contributed by atoms with Crippen LogP contribution in [-0.4, -0.2) is 0 Å². The highest BCUT2D eigenvalue weighted by Gasteiger charge is 2.19. The van der Waals surface area contributed by atoms with E-state index in [2.05, 4.69) is 0 Å². The Kier molecular flexibility index (Phi) is 3.68. The molecule has 0 aliphatic carbocycles. The van der Waals surface area contributed by atoms with Gasteiger partial charge in [-0.3, -0.25) is 0 Å². The van der Waals surface area contributed by atoms with E-state index in [1.165, 1.54) is 0 Å². The molecule has 0 aliphatic rings. The fourth-order valence-electron chi connectivity index (χ4n) is 1.68. The third-order valence-electron chi connectivity index (χ3n) is 2.71. The van der Waals surface area contributed by atoms with Crippen molar-refractivity contribution >= 4 is 11.6 Å². The van der Waals surface area contributed by atoms with Gasteiger partial charge >= 0.3 is 0 Å². The molecular weight excluding hydrogens is 260 g/mol. The lowest BCUT2D eigenvalue weighted by atomic mass is 10.0. The van der Waals surface area contributed by atoms with Crippen LogP contribution >= 0.6 is 11.6 Å². The van der Waals surface area contributed by atoms with Gasteiger partial charge in [0.1, 0.15) is 23.2 Å². The molecule has 2 nitrogen and oxygen atoms in total. The fourth-order valence-corrected chi connectivity index (χ4v) is 1.83. The normalized spacial score (nSPS) is 12.7. The molecule has 0 saturated heterocycles. The molecule has 1 atom stereocenters. The summed E-state index contributed by atoms with van der Waals surface area (Å²) in [5, 5.41) is -0.267. The molecule has 1 aromatic heterocycles. The average molecular weight is 272 g/mol. The first-order chi connectivity index (χ1) is 8.52. The lowest BCUT2D eigenvalue weighted by Crippen LogP contribution is -2.13. The standard InChI is InChI=1S/C13H12ClF2NO/c1-2-7-3-4-12(18-7)13(17)8-5-11(16)9(14)6-10(8)15/h3-6,13H,2,17H2,1H3. The van der Waals surface area contributed by atoms with Crippen molar-refractivity contribution in [2.45, 2.75) is 19.4 Å². The molecule has 0 spiro atoms. The van der Waals surface area contributed by atoms with Crippen LogP contribution in [0.1, 0.15) is 30.0 Å². The molecule has 0 amide bonds. The van der Waals surface area contributed by atoms with Crippen molar-refractivity contribution in [2.24, 2.45) is 5.73 Å². The molecule has 18 heavy (non-hydrogen) atoms. The maximum absolute atomic E-state index is 13.7. The Bertz CT molecular complexity index is 568. The molecule has 1 unspecified atom stereocenters. The second-order valence-electron chi connectivity index (χ2n) is 3.92. The Morgan fingerprint density at radius 1 is 1.28 bits per heavy atom. The van der Waals surface area contributed by atoms with Crippen molar-refractivity contribution in [1.82, 2.24) is 0 Å². The number of aryl methyl sites for hydroxylation is 1. The van der Waals surface area contributed by atoms with Crippen molar-refractivity contribution in [2.75, 3.05) is 0 Å². The summed E-state index contributed by atoms with van der Waals surface area (Å²) in [4.78, 5) is 0. The molecule has 0 saturated carbocycles. The number of halogens is 3. The SMILES string of the molecule is CCc1ccc(C(N)c2cc(F)c(Cl)cc2F)o1. The molecule has 96 valence electrons. The maximum Gasteiger partial charge on any atom is 0.142 e. The minimum absolute atomic E-state index is 0.0221. The topological polar surface area (TPSA) is 39.2 Å². The average Bonchev–Trinajstić information content (AvgIpc) is 2.81. The Labute approximate surface area is 108 Å².